The van der Waals surface area contributed by atoms with Gasteiger partial charge in [-0.05, 0) is 17.5 Å². The third-order valence-corrected chi connectivity index (χ3v) is 2.97. The number of methoxy groups -OCH3 is 1. The maximum atomic E-state index is 5.59. The van der Waals surface area contributed by atoms with Crippen molar-refractivity contribution in [3.63, 3.8) is 0 Å². The van der Waals surface area contributed by atoms with Crippen LogP contribution < -0.4 is 5.32 Å². The Morgan fingerprint density at radius 2 is 2.07 bits per heavy atom. The molecule has 2 rings (SSSR count). The molecule has 15 heavy (non-hydrogen) atoms. The summed E-state index contributed by atoms with van der Waals surface area (Å²) in [6.07, 6.45) is 1.29. The Morgan fingerprint density at radius 3 is 2.73 bits per heavy atom. The Morgan fingerprint density at radius 1 is 1.33 bits per heavy atom. The standard InChI is InChI=1S/C13H19NO/c1-9(2)14-12-8-10-6-4-5-7-11(10)13(12)15-3/h4-7,9,12-14H,8H2,1-3H3. The van der Waals surface area contributed by atoms with Gasteiger partial charge in [-0.25, -0.2) is 0 Å². The highest BCUT2D eigenvalue weighted by atomic mass is 16.5. The van der Waals surface area contributed by atoms with Crippen molar-refractivity contribution in [2.75, 3.05) is 7.11 Å². The van der Waals surface area contributed by atoms with E-state index in [4.69, 9.17) is 4.74 Å². The van der Waals surface area contributed by atoms with Gasteiger partial charge in [0.15, 0.2) is 0 Å². The van der Waals surface area contributed by atoms with Gasteiger partial charge in [0.2, 0.25) is 0 Å². The Kier molecular flexibility index (Phi) is 3.08. The Hall–Kier alpha value is -0.860. The summed E-state index contributed by atoms with van der Waals surface area (Å²) in [5.41, 5.74) is 2.76. The van der Waals surface area contributed by atoms with Gasteiger partial charge >= 0.3 is 0 Å². The lowest BCUT2D eigenvalue weighted by atomic mass is 10.1. The van der Waals surface area contributed by atoms with Crippen molar-refractivity contribution in [1.29, 1.82) is 0 Å². The van der Waals surface area contributed by atoms with Gasteiger partial charge in [0.05, 0.1) is 6.10 Å². The van der Waals surface area contributed by atoms with Crippen LogP contribution >= 0.6 is 0 Å². The third-order valence-electron chi connectivity index (χ3n) is 2.97. The molecule has 0 amide bonds. The monoisotopic (exact) mass is 205 g/mol. The molecule has 2 atom stereocenters. The van der Waals surface area contributed by atoms with Crippen molar-refractivity contribution in [2.24, 2.45) is 0 Å². The third kappa shape index (κ3) is 2.06. The van der Waals surface area contributed by atoms with E-state index >= 15 is 0 Å². The molecule has 1 aliphatic carbocycles. The van der Waals surface area contributed by atoms with Crippen LogP contribution in [0.4, 0.5) is 0 Å². The normalized spacial score (nSPS) is 24.5. The fourth-order valence-corrected chi connectivity index (χ4v) is 2.42. The van der Waals surface area contributed by atoms with Crippen LogP contribution in [0.15, 0.2) is 24.3 Å². The topological polar surface area (TPSA) is 21.3 Å². The molecule has 1 N–H and O–H groups in total. The van der Waals surface area contributed by atoms with E-state index in [9.17, 15) is 0 Å². The molecular formula is C13H19NO. The summed E-state index contributed by atoms with van der Waals surface area (Å²) in [7, 11) is 1.79. The number of fused-ring (bicyclic) bond motifs is 1. The lowest BCUT2D eigenvalue weighted by molar-refractivity contribution is 0.0756. The average molecular weight is 205 g/mol. The minimum atomic E-state index is 0.212. The molecule has 0 bridgehead atoms. The molecule has 0 aromatic heterocycles. The molecule has 0 heterocycles. The van der Waals surface area contributed by atoms with Crippen molar-refractivity contribution in [2.45, 2.75) is 38.5 Å². The van der Waals surface area contributed by atoms with E-state index in [-0.39, 0.29) is 6.10 Å². The second-order valence-electron chi connectivity index (χ2n) is 4.49. The van der Waals surface area contributed by atoms with Crippen LogP contribution in [0.3, 0.4) is 0 Å². The molecule has 0 spiro atoms. The van der Waals surface area contributed by atoms with Crippen LogP contribution in [0.25, 0.3) is 0 Å². The van der Waals surface area contributed by atoms with Gasteiger partial charge < -0.3 is 10.1 Å². The minimum absolute atomic E-state index is 0.212. The molecule has 2 heteroatoms. The fraction of sp³-hybridized carbons (Fsp3) is 0.538. The van der Waals surface area contributed by atoms with E-state index in [2.05, 4.69) is 43.4 Å². The number of benzene rings is 1. The summed E-state index contributed by atoms with van der Waals surface area (Å²) >= 11 is 0. The van der Waals surface area contributed by atoms with E-state index in [1.165, 1.54) is 11.1 Å². The average Bonchev–Trinajstić information content (AvgIpc) is 2.53. The molecule has 0 saturated heterocycles. The van der Waals surface area contributed by atoms with E-state index in [0.717, 1.165) is 6.42 Å². The maximum absolute atomic E-state index is 5.59. The molecule has 1 aromatic carbocycles. The van der Waals surface area contributed by atoms with Gasteiger partial charge in [-0.2, -0.15) is 0 Å². The van der Waals surface area contributed by atoms with Crippen LogP contribution in [0.5, 0.6) is 0 Å². The zero-order valence-corrected chi connectivity index (χ0v) is 9.66. The first-order chi connectivity index (χ1) is 7.22. The predicted octanol–water partition coefficient (Wildman–Crippen LogP) is 2.30. The summed E-state index contributed by atoms with van der Waals surface area (Å²) in [6.45, 7) is 4.35. The zero-order valence-electron chi connectivity index (χ0n) is 9.66. The van der Waals surface area contributed by atoms with E-state index in [1.807, 2.05) is 0 Å². The summed E-state index contributed by atoms with van der Waals surface area (Å²) in [6, 6.07) is 9.48. The van der Waals surface area contributed by atoms with Crippen LogP contribution in [0.2, 0.25) is 0 Å². The van der Waals surface area contributed by atoms with Gasteiger partial charge in [0, 0.05) is 19.2 Å². The number of rotatable bonds is 3. The molecule has 0 saturated carbocycles. The van der Waals surface area contributed by atoms with Crippen LogP contribution in [-0.4, -0.2) is 19.2 Å². The van der Waals surface area contributed by atoms with Crippen molar-refractivity contribution < 1.29 is 4.74 Å². The molecule has 0 fully saturated rings. The lowest BCUT2D eigenvalue weighted by Gasteiger charge is -2.22. The summed E-state index contributed by atoms with van der Waals surface area (Å²) in [4.78, 5) is 0. The maximum Gasteiger partial charge on any atom is 0.0980 e. The first-order valence-corrected chi connectivity index (χ1v) is 5.59. The minimum Gasteiger partial charge on any atom is -0.375 e. The van der Waals surface area contributed by atoms with Gasteiger partial charge in [0.1, 0.15) is 0 Å². The van der Waals surface area contributed by atoms with Gasteiger partial charge in [-0.1, -0.05) is 38.1 Å². The fourth-order valence-electron chi connectivity index (χ4n) is 2.42. The van der Waals surface area contributed by atoms with E-state index in [1.54, 1.807) is 7.11 Å². The molecular weight excluding hydrogens is 186 g/mol. The van der Waals surface area contributed by atoms with Crippen LogP contribution in [-0.2, 0) is 11.2 Å². The van der Waals surface area contributed by atoms with E-state index in [0.29, 0.717) is 12.1 Å². The molecule has 1 aliphatic rings. The number of hydrogen-bond donors (Lipinski definition) is 1. The van der Waals surface area contributed by atoms with Crippen molar-refractivity contribution in [3.05, 3.63) is 35.4 Å². The molecule has 0 aliphatic heterocycles. The van der Waals surface area contributed by atoms with E-state index < -0.39 is 0 Å². The second kappa shape index (κ2) is 4.33. The summed E-state index contributed by atoms with van der Waals surface area (Å²) in [5.74, 6) is 0. The quantitative estimate of drug-likeness (QED) is 0.817. The highest BCUT2D eigenvalue weighted by Crippen LogP contribution is 2.33. The summed E-state index contributed by atoms with van der Waals surface area (Å²) in [5, 5.41) is 3.56. The Balaban J connectivity index is 2.21. The lowest BCUT2D eigenvalue weighted by Crippen LogP contribution is -2.38. The second-order valence-corrected chi connectivity index (χ2v) is 4.49. The highest BCUT2D eigenvalue weighted by molar-refractivity contribution is 5.36. The molecule has 82 valence electrons. The Labute approximate surface area is 91.6 Å². The highest BCUT2D eigenvalue weighted by Gasteiger charge is 2.32. The SMILES string of the molecule is COC1c2ccccc2CC1NC(C)C. The van der Waals surface area contributed by atoms with Gasteiger partial charge in [0.25, 0.3) is 0 Å². The largest absolute Gasteiger partial charge is 0.375 e. The van der Waals surface area contributed by atoms with Crippen molar-refractivity contribution in [3.8, 4) is 0 Å². The van der Waals surface area contributed by atoms with Crippen LogP contribution in [0, 0.1) is 0 Å². The van der Waals surface area contributed by atoms with Crippen LogP contribution in [0.1, 0.15) is 31.1 Å². The summed E-state index contributed by atoms with van der Waals surface area (Å²) < 4.78 is 5.59. The molecule has 0 radical (unpaired) electrons. The number of hydrogen-bond acceptors (Lipinski definition) is 2. The van der Waals surface area contributed by atoms with Crippen molar-refractivity contribution >= 4 is 0 Å². The first kappa shape index (κ1) is 10.7. The molecule has 2 nitrogen and oxygen atoms in total. The first-order valence-electron chi connectivity index (χ1n) is 5.59. The zero-order chi connectivity index (χ0) is 10.8. The number of ether oxygens (including phenoxy) is 1. The van der Waals surface area contributed by atoms with Gasteiger partial charge in [-0.15, -0.1) is 0 Å². The molecule has 1 aromatic rings. The molecule has 2 unspecified atom stereocenters. The van der Waals surface area contributed by atoms with Crippen molar-refractivity contribution in [1.82, 2.24) is 5.32 Å². The van der Waals surface area contributed by atoms with Gasteiger partial charge in [-0.3, -0.25) is 0 Å². The smallest absolute Gasteiger partial charge is 0.0980 e. The number of nitrogens with one attached hydrogen (secondary N) is 1. The Bertz CT molecular complexity index is 335. The predicted molar refractivity (Wildman–Crippen MR) is 62.0 cm³/mol.